The van der Waals surface area contributed by atoms with E-state index in [-0.39, 0.29) is 5.92 Å². The summed E-state index contributed by atoms with van der Waals surface area (Å²) in [6.07, 6.45) is 1.81. The summed E-state index contributed by atoms with van der Waals surface area (Å²) >= 11 is 0. The lowest BCUT2D eigenvalue weighted by atomic mass is 9.98. The molecule has 1 atom stereocenters. The Kier molecular flexibility index (Phi) is 5.00. The first-order valence-electron chi connectivity index (χ1n) is 9.75. The number of aromatic nitrogens is 1. The van der Waals surface area contributed by atoms with Crippen molar-refractivity contribution in [1.29, 1.82) is 5.26 Å². The smallest absolute Gasteiger partial charge is 0.339 e. The summed E-state index contributed by atoms with van der Waals surface area (Å²) in [7, 11) is 0. The molecule has 4 rings (SSSR count). The molecule has 1 saturated carbocycles. The molecule has 0 spiro atoms. The highest BCUT2D eigenvalue weighted by Gasteiger charge is 2.43. The molecule has 2 heterocycles. The molecule has 1 N–H and O–H groups in total. The van der Waals surface area contributed by atoms with E-state index < -0.39 is 24.0 Å². The predicted molar refractivity (Wildman–Crippen MR) is 109 cm³/mol. The van der Waals surface area contributed by atoms with Gasteiger partial charge in [-0.15, -0.1) is 0 Å². The number of carbonyl (C=O) groups is 2. The zero-order valence-corrected chi connectivity index (χ0v) is 16.8. The number of pyridine rings is 1. The molecule has 1 amide bonds. The number of hydrogen-bond donors (Lipinski definition) is 1. The van der Waals surface area contributed by atoms with Crippen molar-refractivity contribution in [2.45, 2.75) is 32.2 Å². The topological polar surface area (TPSA) is 105 Å². The number of rotatable bonds is 6. The van der Waals surface area contributed by atoms with Gasteiger partial charge in [0, 0.05) is 5.39 Å². The van der Waals surface area contributed by atoms with Gasteiger partial charge in [0.15, 0.2) is 12.4 Å². The average Bonchev–Trinajstić information content (AvgIpc) is 3.52. The third kappa shape index (κ3) is 3.90. The number of ether oxygens (including phenoxy) is 1. The van der Waals surface area contributed by atoms with Crippen LogP contribution in [-0.4, -0.2) is 29.0 Å². The summed E-state index contributed by atoms with van der Waals surface area (Å²) in [5, 5.41) is 12.7. The molecule has 0 unspecified atom stereocenters. The molecule has 1 aliphatic carbocycles. The molecule has 30 heavy (non-hydrogen) atoms. The second-order valence-electron chi connectivity index (χ2n) is 7.70. The number of aryl methyl sites for hydroxylation is 1. The zero-order chi connectivity index (χ0) is 21.3. The highest BCUT2D eigenvalue weighted by atomic mass is 16.5. The van der Waals surface area contributed by atoms with Crippen LogP contribution in [0.3, 0.4) is 0 Å². The van der Waals surface area contributed by atoms with E-state index in [0.717, 1.165) is 18.6 Å². The number of fused-ring (bicyclic) bond motifs is 1. The van der Waals surface area contributed by atoms with Crippen molar-refractivity contribution in [3.8, 4) is 17.5 Å². The number of furan rings is 1. The van der Waals surface area contributed by atoms with Crippen LogP contribution in [0.15, 0.2) is 46.9 Å². The van der Waals surface area contributed by atoms with Gasteiger partial charge in [0.2, 0.25) is 0 Å². The molecular formula is C23H21N3O4. The lowest BCUT2D eigenvalue weighted by Crippen LogP contribution is -2.48. The van der Waals surface area contributed by atoms with Gasteiger partial charge in [-0.25, -0.2) is 9.78 Å². The third-order valence-electron chi connectivity index (χ3n) is 5.29. The lowest BCUT2D eigenvalue weighted by Gasteiger charge is -2.22. The summed E-state index contributed by atoms with van der Waals surface area (Å²) in [4.78, 5) is 29.6. The summed E-state index contributed by atoms with van der Waals surface area (Å²) in [6, 6.07) is 14.6. The molecule has 1 aliphatic rings. The van der Waals surface area contributed by atoms with E-state index in [2.05, 4.69) is 16.4 Å². The van der Waals surface area contributed by atoms with Crippen molar-refractivity contribution < 1.29 is 18.7 Å². The van der Waals surface area contributed by atoms with Crippen LogP contribution < -0.4 is 5.32 Å². The lowest BCUT2D eigenvalue weighted by molar-refractivity contribution is -0.125. The fourth-order valence-electron chi connectivity index (χ4n) is 3.46. The largest absolute Gasteiger partial charge is 0.460 e. The minimum Gasteiger partial charge on any atom is -0.460 e. The second kappa shape index (κ2) is 7.64. The number of nitriles is 1. The molecule has 152 valence electrons. The SMILES string of the molecule is Cc1ccc(-c2cc(C(=O)OCC(=O)N[C@@](C)(C#N)C3CC3)c3ccccc3n2)o1. The number of amides is 1. The van der Waals surface area contributed by atoms with Crippen LogP contribution >= 0.6 is 0 Å². The van der Waals surface area contributed by atoms with Crippen molar-refractivity contribution in [3.05, 3.63) is 53.8 Å². The van der Waals surface area contributed by atoms with Crippen molar-refractivity contribution in [1.82, 2.24) is 10.3 Å². The molecule has 3 aromatic rings. The summed E-state index contributed by atoms with van der Waals surface area (Å²) in [5.41, 5.74) is 0.481. The fourth-order valence-corrected chi connectivity index (χ4v) is 3.46. The first kappa shape index (κ1) is 19.6. The highest BCUT2D eigenvalue weighted by Crippen LogP contribution is 2.39. The second-order valence-corrected chi connectivity index (χ2v) is 7.70. The Balaban J connectivity index is 1.55. The first-order chi connectivity index (χ1) is 14.4. The van der Waals surface area contributed by atoms with Crippen LogP contribution in [0.1, 0.15) is 35.9 Å². The standard InChI is InChI=1S/C23H21N3O4/c1-14-7-10-20(30-14)19-11-17(16-5-3-4-6-18(16)25-19)22(28)29-12-21(27)26-23(2,13-24)15-8-9-15/h3-7,10-11,15H,8-9,12H2,1-2H3,(H,26,27)/t23-/m0/s1. The van der Waals surface area contributed by atoms with Gasteiger partial charge in [0.25, 0.3) is 5.91 Å². The number of esters is 1. The van der Waals surface area contributed by atoms with Crippen LogP contribution in [0, 0.1) is 24.2 Å². The maximum absolute atomic E-state index is 12.8. The van der Waals surface area contributed by atoms with Crippen LogP contribution in [-0.2, 0) is 9.53 Å². The van der Waals surface area contributed by atoms with Crippen LogP contribution in [0.4, 0.5) is 0 Å². The average molecular weight is 403 g/mol. The van der Waals surface area contributed by atoms with Crippen molar-refractivity contribution in [3.63, 3.8) is 0 Å². The minimum atomic E-state index is -0.933. The molecule has 0 saturated heterocycles. The van der Waals surface area contributed by atoms with Gasteiger partial charge < -0.3 is 14.5 Å². The number of nitrogens with zero attached hydrogens (tertiary/aromatic N) is 2. The molecule has 0 bridgehead atoms. The summed E-state index contributed by atoms with van der Waals surface area (Å²) in [6.45, 7) is 3.06. The summed E-state index contributed by atoms with van der Waals surface area (Å²) in [5.74, 6) is 0.278. The maximum atomic E-state index is 12.8. The molecule has 1 fully saturated rings. The normalized spacial score (nSPS) is 15.2. The quantitative estimate of drug-likeness (QED) is 0.628. The number of benzene rings is 1. The van der Waals surface area contributed by atoms with E-state index in [9.17, 15) is 14.9 Å². The molecule has 2 aromatic heterocycles. The predicted octanol–water partition coefficient (Wildman–Crippen LogP) is 3.77. The van der Waals surface area contributed by atoms with Crippen LogP contribution in [0.5, 0.6) is 0 Å². The van der Waals surface area contributed by atoms with E-state index in [4.69, 9.17) is 9.15 Å². The van der Waals surface area contributed by atoms with Gasteiger partial charge in [0.05, 0.1) is 17.1 Å². The number of carbonyl (C=O) groups excluding carboxylic acids is 2. The Labute approximate surface area is 173 Å². The van der Waals surface area contributed by atoms with E-state index in [1.807, 2.05) is 19.1 Å². The first-order valence-corrected chi connectivity index (χ1v) is 9.75. The van der Waals surface area contributed by atoms with Gasteiger partial charge in [-0.1, -0.05) is 18.2 Å². The van der Waals surface area contributed by atoms with E-state index in [1.54, 1.807) is 37.3 Å². The van der Waals surface area contributed by atoms with E-state index in [0.29, 0.717) is 27.9 Å². The van der Waals surface area contributed by atoms with Gasteiger partial charge in [0.1, 0.15) is 17.0 Å². The van der Waals surface area contributed by atoms with Crippen molar-refractivity contribution in [2.75, 3.05) is 6.61 Å². The minimum absolute atomic E-state index is 0.144. The number of nitrogens with one attached hydrogen (secondary N) is 1. The third-order valence-corrected chi connectivity index (χ3v) is 5.29. The molecule has 1 aromatic carbocycles. The molecule has 7 nitrogen and oxygen atoms in total. The Hall–Kier alpha value is -3.66. The zero-order valence-electron chi connectivity index (χ0n) is 16.8. The van der Waals surface area contributed by atoms with Gasteiger partial charge in [-0.05, 0) is 56.9 Å². The van der Waals surface area contributed by atoms with Gasteiger partial charge >= 0.3 is 5.97 Å². The van der Waals surface area contributed by atoms with E-state index >= 15 is 0 Å². The van der Waals surface area contributed by atoms with Crippen molar-refractivity contribution >= 4 is 22.8 Å². The Morgan fingerprint density at radius 3 is 2.73 bits per heavy atom. The molecule has 0 radical (unpaired) electrons. The Bertz CT molecular complexity index is 1170. The van der Waals surface area contributed by atoms with Crippen LogP contribution in [0.2, 0.25) is 0 Å². The van der Waals surface area contributed by atoms with Gasteiger partial charge in [-0.3, -0.25) is 4.79 Å². The summed E-state index contributed by atoms with van der Waals surface area (Å²) < 4.78 is 10.9. The van der Waals surface area contributed by atoms with E-state index in [1.165, 1.54) is 0 Å². The van der Waals surface area contributed by atoms with Crippen LogP contribution in [0.25, 0.3) is 22.4 Å². The molecule has 7 heteroatoms. The van der Waals surface area contributed by atoms with Crippen molar-refractivity contribution in [2.24, 2.45) is 5.92 Å². The molecule has 0 aliphatic heterocycles. The monoisotopic (exact) mass is 403 g/mol. The Morgan fingerprint density at radius 2 is 2.07 bits per heavy atom. The highest BCUT2D eigenvalue weighted by molar-refractivity contribution is 6.05. The maximum Gasteiger partial charge on any atom is 0.339 e. The fraction of sp³-hybridized carbons (Fsp3) is 0.304. The number of para-hydroxylation sites is 1. The molecular weight excluding hydrogens is 382 g/mol. The Morgan fingerprint density at radius 1 is 1.30 bits per heavy atom. The number of hydrogen-bond acceptors (Lipinski definition) is 6. The van der Waals surface area contributed by atoms with Gasteiger partial charge in [-0.2, -0.15) is 5.26 Å².